The zero-order chi connectivity index (χ0) is 13.2. The van der Waals surface area contributed by atoms with Gasteiger partial charge >= 0.3 is 0 Å². The molecule has 18 heavy (non-hydrogen) atoms. The summed E-state index contributed by atoms with van der Waals surface area (Å²) in [4.78, 5) is -0.589. The largest absolute Gasteiger partial charge is 0.398 e. The van der Waals surface area contributed by atoms with Crippen LogP contribution in [0.3, 0.4) is 0 Å². The molecule has 0 aliphatic heterocycles. The van der Waals surface area contributed by atoms with Gasteiger partial charge in [0.25, 0.3) is 0 Å². The lowest BCUT2D eigenvalue weighted by Gasteiger charge is -2.08. The van der Waals surface area contributed by atoms with Gasteiger partial charge in [-0.05, 0) is 12.1 Å². The first kappa shape index (κ1) is 12.4. The molecule has 0 saturated carbocycles. The number of nitrogens with zero attached hydrogens (tertiary/aromatic N) is 3. The number of hydrogen-bond donors (Lipinski definition) is 3. The summed E-state index contributed by atoms with van der Waals surface area (Å²) in [6.07, 6.45) is 0. The van der Waals surface area contributed by atoms with Crippen molar-refractivity contribution < 1.29 is 12.8 Å². The predicted molar refractivity (Wildman–Crippen MR) is 59.0 cm³/mol. The lowest BCUT2D eigenvalue weighted by Crippen LogP contribution is -2.25. The molecule has 0 spiro atoms. The maximum absolute atomic E-state index is 13.5. The molecule has 1 aromatic heterocycles. The van der Waals surface area contributed by atoms with Crippen LogP contribution < -0.4 is 10.5 Å². The maximum atomic E-state index is 13.5. The van der Waals surface area contributed by atoms with E-state index >= 15 is 0 Å². The highest BCUT2D eigenvalue weighted by atomic mass is 32.2. The fraction of sp³-hybridized carbons (Fsp3) is 0.125. The molecular formula is C8H9FN6O2S. The minimum absolute atomic E-state index is 0.133. The molecule has 4 N–H and O–H groups in total. The highest BCUT2D eigenvalue weighted by Gasteiger charge is 2.22. The molecule has 0 radical (unpaired) electrons. The van der Waals surface area contributed by atoms with Crippen LogP contribution in [-0.4, -0.2) is 29.0 Å². The lowest BCUT2D eigenvalue weighted by atomic mass is 10.3. The van der Waals surface area contributed by atoms with E-state index in [0.717, 1.165) is 6.07 Å². The minimum Gasteiger partial charge on any atom is -0.398 e. The van der Waals surface area contributed by atoms with Gasteiger partial charge in [-0.25, -0.2) is 17.5 Å². The summed E-state index contributed by atoms with van der Waals surface area (Å²) in [6.45, 7) is -0.216. The third-order valence-electron chi connectivity index (χ3n) is 2.08. The first-order chi connectivity index (χ1) is 8.50. The molecule has 1 aromatic carbocycles. The lowest BCUT2D eigenvalue weighted by molar-refractivity contribution is 0.557. The number of aromatic nitrogens is 4. The molecule has 0 aliphatic carbocycles. The molecule has 8 nitrogen and oxygen atoms in total. The van der Waals surface area contributed by atoms with Crippen LogP contribution in [0.15, 0.2) is 23.1 Å². The number of tetrazole rings is 1. The number of sulfonamides is 1. The third-order valence-corrected chi connectivity index (χ3v) is 3.57. The third kappa shape index (κ3) is 2.43. The van der Waals surface area contributed by atoms with Crippen LogP contribution in [0.1, 0.15) is 5.82 Å². The molecule has 0 saturated heterocycles. The van der Waals surface area contributed by atoms with Crippen molar-refractivity contribution in [3.63, 3.8) is 0 Å². The van der Waals surface area contributed by atoms with E-state index in [9.17, 15) is 12.8 Å². The van der Waals surface area contributed by atoms with Gasteiger partial charge < -0.3 is 5.73 Å². The summed E-state index contributed by atoms with van der Waals surface area (Å²) in [7, 11) is -4.07. The molecule has 0 aliphatic rings. The number of anilines is 1. The summed E-state index contributed by atoms with van der Waals surface area (Å²) in [6, 6.07) is 3.63. The normalized spacial score (nSPS) is 11.6. The molecule has 2 aromatic rings. The van der Waals surface area contributed by atoms with E-state index in [0.29, 0.717) is 0 Å². The van der Waals surface area contributed by atoms with Crippen molar-refractivity contribution in [2.75, 3.05) is 5.73 Å². The Morgan fingerprint density at radius 2 is 2.22 bits per heavy atom. The molecule has 0 amide bonds. The van der Waals surface area contributed by atoms with Crippen molar-refractivity contribution in [1.82, 2.24) is 25.3 Å². The predicted octanol–water partition coefficient (Wildman–Crippen LogP) is -0.601. The summed E-state index contributed by atoms with van der Waals surface area (Å²) in [5, 5.41) is 12.5. The number of nitrogens with two attached hydrogens (primary N) is 1. The van der Waals surface area contributed by atoms with E-state index in [1.165, 1.54) is 12.1 Å². The molecule has 0 atom stereocenters. The standard InChI is InChI=1S/C8H9FN6O2S/c9-5-2-1-3-6(10)8(5)18(16,17)11-4-7-12-14-15-13-7/h1-3,11H,4,10H2,(H,12,13,14,15). The molecule has 0 bridgehead atoms. The van der Waals surface area contributed by atoms with Crippen LogP contribution in [0.5, 0.6) is 0 Å². The number of halogens is 1. The van der Waals surface area contributed by atoms with Crippen molar-refractivity contribution in [2.24, 2.45) is 0 Å². The number of nitrogens with one attached hydrogen (secondary N) is 2. The fourth-order valence-electron chi connectivity index (χ4n) is 1.30. The van der Waals surface area contributed by atoms with E-state index in [-0.39, 0.29) is 18.1 Å². The van der Waals surface area contributed by atoms with E-state index in [4.69, 9.17) is 5.73 Å². The van der Waals surface area contributed by atoms with E-state index in [2.05, 4.69) is 25.3 Å². The Balaban J connectivity index is 2.26. The fourth-order valence-corrected chi connectivity index (χ4v) is 2.46. The molecular weight excluding hydrogens is 263 g/mol. The van der Waals surface area contributed by atoms with Crippen molar-refractivity contribution in [3.05, 3.63) is 29.8 Å². The molecule has 10 heteroatoms. The highest BCUT2D eigenvalue weighted by molar-refractivity contribution is 7.89. The van der Waals surface area contributed by atoms with Gasteiger partial charge in [0.15, 0.2) is 5.82 Å². The second-order valence-corrected chi connectivity index (χ2v) is 5.01. The first-order valence-electron chi connectivity index (χ1n) is 4.76. The van der Waals surface area contributed by atoms with Crippen LogP contribution >= 0.6 is 0 Å². The van der Waals surface area contributed by atoms with Gasteiger partial charge in [-0.15, -0.1) is 10.2 Å². The van der Waals surface area contributed by atoms with Crippen LogP contribution in [-0.2, 0) is 16.6 Å². The Morgan fingerprint density at radius 1 is 1.44 bits per heavy atom. The number of hydrogen-bond acceptors (Lipinski definition) is 6. The zero-order valence-electron chi connectivity index (χ0n) is 8.96. The van der Waals surface area contributed by atoms with Gasteiger partial charge in [-0.2, -0.15) is 5.21 Å². The van der Waals surface area contributed by atoms with Crippen molar-refractivity contribution in [3.8, 4) is 0 Å². The number of aromatic amines is 1. The van der Waals surface area contributed by atoms with Gasteiger partial charge in [-0.3, -0.25) is 0 Å². The van der Waals surface area contributed by atoms with Crippen molar-refractivity contribution in [1.29, 1.82) is 0 Å². The summed E-state index contributed by atoms with van der Waals surface area (Å²) < 4.78 is 39.3. The van der Waals surface area contributed by atoms with Gasteiger partial charge in [0, 0.05) is 0 Å². The molecule has 96 valence electrons. The Morgan fingerprint density at radius 3 is 2.83 bits per heavy atom. The van der Waals surface area contributed by atoms with Crippen LogP contribution in [0.2, 0.25) is 0 Å². The molecule has 1 heterocycles. The van der Waals surface area contributed by atoms with E-state index in [1.807, 2.05) is 0 Å². The zero-order valence-corrected chi connectivity index (χ0v) is 9.78. The summed E-state index contributed by atoms with van der Waals surface area (Å²) in [5.41, 5.74) is 5.28. The Labute approximate surface area is 101 Å². The summed E-state index contributed by atoms with van der Waals surface area (Å²) >= 11 is 0. The van der Waals surface area contributed by atoms with E-state index in [1.54, 1.807) is 0 Å². The number of rotatable bonds is 4. The molecule has 0 unspecified atom stereocenters. The highest BCUT2D eigenvalue weighted by Crippen LogP contribution is 2.21. The number of H-pyrrole nitrogens is 1. The van der Waals surface area contributed by atoms with Gasteiger partial charge in [-0.1, -0.05) is 11.3 Å². The smallest absolute Gasteiger partial charge is 0.245 e. The second kappa shape index (κ2) is 4.66. The van der Waals surface area contributed by atoms with Crippen LogP contribution in [0.4, 0.5) is 10.1 Å². The first-order valence-corrected chi connectivity index (χ1v) is 6.25. The van der Waals surface area contributed by atoms with Gasteiger partial charge in [0.05, 0.1) is 12.2 Å². The van der Waals surface area contributed by atoms with E-state index < -0.39 is 20.7 Å². The van der Waals surface area contributed by atoms with Crippen LogP contribution in [0.25, 0.3) is 0 Å². The second-order valence-electron chi connectivity index (χ2n) is 3.31. The Kier molecular flexibility index (Phi) is 3.21. The average Bonchev–Trinajstić information content (AvgIpc) is 2.78. The number of benzene rings is 1. The van der Waals surface area contributed by atoms with Crippen molar-refractivity contribution in [2.45, 2.75) is 11.4 Å². The van der Waals surface area contributed by atoms with Gasteiger partial charge in [0.1, 0.15) is 10.7 Å². The number of nitrogen functional groups attached to an aromatic ring is 1. The molecule has 2 rings (SSSR count). The monoisotopic (exact) mass is 272 g/mol. The van der Waals surface area contributed by atoms with Crippen molar-refractivity contribution >= 4 is 15.7 Å². The SMILES string of the molecule is Nc1cccc(F)c1S(=O)(=O)NCc1nn[nH]n1. The van der Waals surface area contributed by atoms with Crippen LogP contribution in [0, 0.1) is 5.82 Å². The summed E-state index contributed by atoms with van der Waals surface area (Å²) in [5.74, 6) is -0.788. The van der Waals surface area contributed by atoms with Gasteiger partial charge in [0.2, 0.25) is 10.0 Å². The topological polar surface area (TPSA) is 127 Å². The average molecular weight is 272 g/mol. The maximum Gasteiger partial charge on any atom is 0.245 e. The Bertz CT molecular complexity index is 621. The molecule has 0 fully saturated rings. The minimum atomic E-state index is -4.07. The Hall–Kier alpha value is -2.07. The quantitative estimate of drug-likeness (QED) is 0.638.